The van der Waals surface area contributed by atoms with Crippen molar-refractivity contribution in [3.05, 3.63) is 30.1 Å². The number of anilines is 1. The van der Waals surface area contributed by atoms with Gasteiger partial charge in [-0.3, -0.25) is 0 Å². The van der Waals surface area contributed by atoms with E-state index in [-0.39, 0.29) is 0 Å². The van der Waals surface area contributed by atoms with Crippen LogP contribution in [0, 0.1) is 6.92 Å². The van der Waals surface area contributed by atoms with E-state index in [0.717, 1.165) is 17.1 Å². The molecule has 1 aromatic carbocycles. The number of rotatable bonds is 2. The smallest absolute Gasteiger partial charge is 0.166 e. The summed E-state index contributed by atoms with van der Waals surface area (Å²) in [4.78, 5) is 0. The lowest BCUT2D eigenvalue weighted by atomic mass is 10.1. The van der Waals surface area contributed by atoms with Crippen LogP contribution in [0.2, 0.25) is 0 Å². The summed E-state index contributed by atoms with van der Waals surface area (Å²) in [5.74, 6) is 0.892. The van der Waals surface area contributed by atoms with Gasteiger partial charge >= 0.3 is 0 Å². The molecule has 16 heavy (non-hydrogen) atoms. The second kappa shape index (κ2) is 3.33. The first kappa shape index (κ1) is 9.39. The molecule has 4 nitrogen and oxygen atoms in total. The van der Waals surface area contributed by atoms with Gasteiger partial charge in [0.25, 0.3) is 0 Å². The molecule has 1 heterocycles. The van der Waals surface area contributed by atoms with E-state index >= 15 is 0 Å². The first-order valence-corrected chi connectivity index (χ1v) is 5.52. The van der Waals surface area contributed by atoms with Crippen LogP contribution in [0.1, 0.15) is 24.4 Å². The maximum Gasteiger partial charge on any atom is 0.166 e. The quantitative estimate of drug-likeness (QED) is 0.779. The molecule has 1 aliphatic carbocycles. The van der Waals surface area contributed by atoms with Crippen LogP contribution < -0.4 is 5.73 Å². The minimum atomic E-state index is 0.574. The highest BCUT2D eigenvalue weighted by Crippen LogP contribution is 2.38. The molecule has 0 atom stereocenters. The molecule has 0 aliphatic heterocycles. The topological polar surface area (TPSA) is 56.7 Å². The lowest BCUT2D eigenvalue weighted by Gasteiger charge is -2.08. The highest BCUT2D eigenvalue weighted by atomic mass is 15.3. The van der Waals surface area contributed by atoms with Crippen LogP contribution in [0.4, 0.5) is 5.69 Å². The van der Waals surface area contributed by atoms with E-state index in [9.17, 15) is 0 Å². The molecule has 0 amide bonds. The van der Waals surface area contributed by atoms with Crippen molar-refractivity contribution in [2.45, 2.75) is 25.8 Å². The highest BCUT2D eigenvalue weighted by molar-refractivity contribution is 5.72. The minimum Gasteiger partial charge on any atom is -0.398 e. The fourth-order valence-electron chi connectivity index (χ4n) is 1.92. The second-order valence-corrected chi connectivity index (χ2v) is 4.38. The Morgan fingerprint density at radius 3 is 2.94 bits per heavy atom. The molecule has 4 heteroatoms. The second-order valence-electron chi connectivity index (χ2n) is 4.38. The molecule has 0 saturated heterocycles. The standard InChI is InChI=1S/C12H14N4/c1-8-2-5-11(13)10(6-8)12-15-14-7-16(12)9-3-4-9/h2,5-7,9H,3-4,13H2,1H3. The van der Waals surface area contributed by atoms with Gasteiger partial charge in [-0.25, -0.2) is 0 Å². The summed E-state index contributed by atoms with van der Waals surface area (Å²) in [5.41, 5.74) is 8.93. The largest absolute Gasteiger partial charge is 0.398 e. The zero-order valence-electron chi connectivity index (χ0n) is 9.22. The number of nitrogens with zero attached hydrogens (tertiary/aromatic N) is 3. The number of aromatic nitrogens is 3. The van der Waals surface area contributed by atoms with Gasteiger partial charge < -0.3 is 10.3 Å². The Kier molecular flexibility index (Phi) is 1.96. The summed E-state index contributed by atoms with van der Waals surface area (Å²) in [6, 6.07) is 6.58. The molecule has 1 aromatic heterocycles. The van der Waals surface area contributed by atoms with Crippen molar-refractivity contribution in [3.63, 3.8) is 0 Å². The van der Waals surface area contributed by atoms with Crippen LogP contribution in [0.5, 0.6) is 0 Å². The molecule has 0 radical (unpaired) electrons. The Morgan fingerprint density at radius 2 is 2.19 bits per heavy atom. The summed E-state index contributed by atoms with van der Waals surface area (Å²) >= 11 is 0. The maximum absolute atomic E-state index is 5.99. The van der Waals surface area contributed by atoms with Crippen molar-refractivity contribution >= 4 is 5.69 Å². The predicted octanol–water partition coefficient (Wildman–Crippen LogP) is 2.17. The van der Waals surface area contributed by atoms with E-state index in [4.69, 9.17) is 5.73 Å². The van der Waals surface area contributed by atoms with Gasteiger partial charge in [-0.2, -0.15) is 0 Å². The van der Waals surface area contributed by atoms with Gasteiger partial charge in [0.1, 0.15) is 6.33 Å². The first-order chi connectivity index (χ1) is 7.75. The van der Waals surface area contributed by atoms with Gasteiger partial charge in [0.15, 0.2) is 5.82 Å². The molecule has 1 saturated carbocycles. The Balaban J connectivity index is 2.13. The predicted molar refractivity (Wildman–Crippen MR) is 62.9 cm³/mol. The van der Waals surface area contributed by atoms with Gasteiger partial charge in [0, 0.05) is 17.3 Å². The molecule has 82 valence electrons. The van der Waals surface area contributed by atoms with Gasteiger partial charge in [-0.15, -0.1) is 10.2 Å². The molecule has 1 fully saturated rings. The van der Waals surface area contributed by atoms with Crippen LogP contribution in [0.15, 0.2) is 24.5 Å². The lowest BCUT2D eigenvalue weighted by molar-refractivity contribution is 0.746. The number of nitrogen functional groups attached to an aromatic ring is 1. The van der Waals surface area contributed by atoms with Crippen LogP contribution in [0.25, 0.3) is 11.4 Å². The summed E-state index contributed by atoms with van der Waals surface area (Å²) < 4.78 is 2.13. The maximum atomic E-state index is 5.99. The minimum absolute atomic E-state index is 0.574. The third-order valence-electron chi connectivity index (χ3n) is 2.96. The molecule has 0 unspecified atom stereocenters. The van der Waals surface area contributed by atoms with Crippen LogP contribution in [-0.2, 0) is 0 Å². The van der Waals surface area contributed by atoms with E-state index in [2.05, 4.69) is 27.8 Å². The number of benzene rings is 1. The summed E-state index contributed by atoms with van der Waals surface area (Å²) in [7, 11) is 0. The number of aryl methyl sites for hydroxylation is 1. The van der Waals surface area contributed by atoms with Crippen molar-refractivity contribution in [2.24, 2.45) is 0 Å². The van der Waals surface area contributed by atoms with Gasteiger partial charge in [0.05, 0.1) is 0 Å². The zero-order valence-corrected chi connectivity index (χ0v) is 9.22. The monoisotopic (exact) mass is 214 g/mol. The van der Waals surface area contributed by atoms with Crippen molar-refractivity contribution in [3.8, 4) is 11.4 Å². The summed E-state index contributed by atoms with van der Waals surface area (Å²) in [6.07, 6.45) is 4.24. The number of hydrogen-bond acceptors (Lipinski definition) is 3. The fourth-order valence-corrected chi connectivity index (χ4v) is 1.92. The Labute approximate surface area is 94.1 Å². The van der Waals surface area contributed by atoms with E-state index in [1.165, 1.54) is 18.4 Å². The molecule has 1 aliphatic rings. The zero-order chi connectivity index (χ0) is 11.1. The molecular formula is C12H14N4. The summed E-state index contributed by atoms with van der Waals surface area (Å²) in [5, 5.41) is 8.17. The van der Waals surface area contributed by atoms with E-state index in [1.54, 1.807) is 6.33 Å². The molecule has 2 N–H and O–H groups in total. The number of hydrogen-bond donors (Lipinski definition) is 1. The Morgan fingerprint density at radius 1 is 1.38 bits per heavy atom. The van der Waals surface area contributed by atoms with E-state index in [0.29, 0.717) is 6.04 Å². The van der Waals surface area contributed by atoms with Gasteiger partial charge in [0.2, 0.25) is 0 Å². The molecular weight excluding hydrogens is 200 g/mol. The third-order valence-corrected chi connectivity index (χ3v) is 2.96. The SMILES string of the molecule is Cc1ccc(N)c(-c2nncn2C2CC2)c1. The average molecular weight is 214 g/mol. The van der Waals surface area contributed by atoms with Crippen LogP contribution >= 0.6 is 0 Å². The fraction of sp³-hybridized carbons (Fsp3) is 0.333. The van der Waals surface area contributed by atoms with Crippen molar-refractivity contribution in [2.75, 3.05) is 5.73 Å². The molecule has 2 aromatic rings. The highest BCUT2D eigenvalue weighted by Gasteiger charge is 2.27. The van der Waals surface area contributed by atoms with Crippen LogP contribution in [0.3, 0.4) is 0 Å². The van der Waals surface area contributed by atoms with Gasteiger partial charge in [-0.1, -0.05) is 11.6 Å². The van der Waals surface area contributed by atoms with Crippen molar-refractivity contribution in [1.29, 1.82) is 0 Å². The van der Waals surface area contributed by atoms with E-state index < -0.39 is 0 Å². The average Bonchev–Trinajstić information content (AvgIpc) is 3.01. The normalized spacial score (nSPS) is 15.3. The molecule has 3 rings (SSSR count). The lowest BCUT2D eigenvalue weighted by Crippen LogP contribution is -1.99. The van der Waals surface area contributed by atoms with Crippen molar-refractivity contribution in [1.82, 2.24) is 14.8 Å². The van der Waals surface area contributed by atoms with Crippen molar-refractivity contribution < 1.29 is 0 Å². The Hall–Kier alpha value is -1.84. The summed E-state index contributed by atoms with van der Waals surface area (Å²) in [6.45, 7) is 2.06. The first-order valence-electron chi connectivity index (χ1n) is 5.52. The van der Waals surface area contributed by atoms with E-state index in [1.807, 2.05) is 12.1 Å². The Bertz CT molecular complexity index is 526. The molecule has 0 bridgehead atoms. The molecule has 0 spiro atoms. The number of nitrogens with two attached hydrogens (primary N) is 1. The van der Waals surface area contributed by atoms with Gasteiger partial charge in [-0.05, 0) is 31.9 Å². The van der Waals surface area contributed by atoms with Crippen LogP contribution in [-0.4, -0.2) is 14.8 Å². The third kappa shape index (κ3) is 1.46.